The van der Waals surface area contributed by atoms with Crippen LogP contribution in [0.25, 0.3) is 11.0 Å². The molecule has 0 fully saturated rings. The van der Waals surface area contributed by atoms with Crippen LogP contribution in [0.1, 0.15) is 35.1 Å². The number of halogens is 1. The largest absolute Gasteiger partial charge is 0.492 e. The third-order valence-electron chi connectivity index (χ3n) is 5.62. The molecule has 1 N–H and O–H groups in total. The Hall–Kier alpha value is -3.12. The van der Waals surface area contributed by atoms with Crippen molar-refractivity contribution in [2.24, 2.45) is 0 Å². The van der Waals surface area contributed by atoms with E-state index in [4.69, 9.17) is 9.72 Å². The summed E-state index contributed by atoms with van der Waals surface area (Å²) in [4.78, 5) is 17.2. The lowest BCUT2D eigenvalue weighted by atomic mass is 10.2. The van der Waals surface area contributed by atoms with Crippen molar-refractivity contribution in [2.75, 3.05) is 13.2 Å². The summed E-state index contributed by atoms with van der Waals surface area (Å²) in [5, 5.41) is 3.00. The van der Waals surface area contributed by atoms with Gasteiger partial charge in [0.15, 0.2) is 0 Å². The average molecular weight is 506 g/mol. The number of rotatable bonds is 10. The van der Waals surface area contributed by atoms with Crippen LogP contribution in [0.3, 0.4) is 0 Å². The second-order valence-electron chi connectivity index (χ2n) is 7.88. The van der Waals surface area contributed by atoms with Gasteiger partial charge in [-0.3, -0.25) is 4.79 Å². The van der Waals surface area contributed by atoms with E-state index in [1.807, 2.05) is 54.6 Å². The van der Waals surface area contributed by atoms with Gasteiger partial charge in [0.25, 0.3) is 5.91 Å². The Morgan fingerprint density at radius 1 is 1.03 bits per heavy atom. The summed E-state index contributed by atoms with van der Waals surface area (Å²) in [7, 11) is 0. The number of nitrogens with zero attached hydrogens (tertiary/aromatic N) is 2. The maximum absolute atomic E-state index is 12.3. The van der Waals surface area contributed by atoms with Crippen molar-refractivity contribution in [3.8, 4) is 5.75 Å². The van der Waals surface area contributed by atoms with E-state index in [1.54, 1.807) is 0 Å². The predicted molar refractivity (Wildman–Crippen MR) is 136 cm³/mol. The lowest BCUT2D eigenvalue weighted by Gasteiger charge is -2.11. The number of nitrogens with one attached hydrogen (secondary N) is 1. The second kappa shape index (κ2) is 11.1. The fourth-order valence-electron chi connectivity index (χ4n) is 3.79. The third kappa shape index (κ3) is 6.02. The molecule has 0 spiro atoms. The molecule has 1 amide bonds. The molecule has 0 radical (unpaired) electrons. The first-order chi connectivity index (χ1) is 16.1. The predicted octanol–water partition coefficient (Wildman–Crippen LogP) is 5.80. The van der Waals surface area contributed by atoms with Crippen LogP contribution in [-0.2, 0) is 19.4 Å². The molecule has 4 rings (SSSR count). The lowest BCUT2D eigenvalue weighted by molar-refractivity contribution is 0.0953. The van der Waals surface area contributed by atoms with Crippen LogP contribution < -0.4 is 10.1 Å². The van der Waals surface area contributed by atoms with Crippen LogP contribution in [0.4, 0.5) is 0 Å². The molecule has 0 bridgehead atoms. The fraction of sp³-hybridized carbons (Fsp3) is 0.259. The van der Waals surface area contributed by atoms with Crippen molar-refractivity contribution < 1.29 is 9.53 Å². The van der Waals surface area contributed by atoms with Crippen LogP contribution in [-0.4, -0.2) is 28.6 Å². The molecule has 1 aromatic heterocycles. The number of benzene rings is 3. The molecule has 6 heteroatoms. The van der Waals surface area contributed by atoms with E-state index >= 15 is 0 Å². The summed E-state index contributed by atoms with van der Waals surface area (Å²) in [5.74, 6) is 1.84. The number of para-hydroxylation sites is 2. The molecule has 1 heterocycles. The van der Waals surface area contributed by atoms with Crippen LogP contribution in [0.2, 0.25) is 0 Å². The molecule has 0 saturated carbocycles. The minimum Gasteiger partial charge on any atom is -0.492 e. The van der Waals surface area contributed by atoms with Gasteiger partial charge in [-0.25, -0.2) is 4.98 Å². The number of hydrogen-bond acceptors (Lipinski definition) is 3. The summed E-state index contributed by atoms with van der Waals surface area (Å²) in [6.07, 6.45) is 2.61. The quantitative estimate of drug-likeness (QED) is 0.277. The van der Waals surface area contributed by atoms with E-state index in [0.29, 0.717) is 18.7 Å². The number of ether oxygens (including phenoxy) is 1. The van der Waals surface area contributed by atoms with Crippen LogP contribution >= 0.6 is 15.9 Å². The Bertz CT molecular complexity index is 1200. The first-order valence-electron chi connectivity index (χ1n) is 11.3. The Morgan fingerprint density at radius 3 is 2.55 bits per heavy atom. The summed E-state index contributed by atoms with van der Waals surface area (Å²) in [5.41, 5.74) is 4.06. The normalized spacial score (nSPS) is 11.0. The van der Waals surface area contributed by atoms with Gasteiger partial charge in [0.05, 0.1) is 17.6 Å². The Labute approximate surface area is 202 Å². The molecule has 0 aliphatic rings. The summed E-state index contributed by atoms with van der Waals surface area (Å²) in [6.45, 7) is 4.03. The molecular formula is C27H28BrN3O2. The van der Waals surface area contributed by atoms with Crippen LogP contribution in [0, 0.1) is 0 Å². The minimum atomic E-state index is -0.0569. The summed E-state index contributed by atoms with van der Waals surface area (Å²) < 4.78 is 9.17. The van der Waals surface area contributed by atoms with Crippen molar-refractivity contribution in [2.45, 2.75) is 32.7 Å². The van der Waals surface area contributed by atoms with E-state index in [2.05, 4.69) is 50.9 Å². The number of carbonyl (C=O) groups is 1. The highest BCUT2D eigenvalue weighted by Crippen LogP contribution is 2.18. The van der Waals surface area contributed by atoms with Crippen molar-refractivity contribution in [1.29, 1.82) is 0 Å². The highest BCUT2D eigenvalue weighted by molar-refractivity contribution is 9.10. The van der Waals surface area contributed by atoms with Crippen LogP contribution in [0.15, 0.2) is 77.3 Å². The van der Waals surface area contributed by atoms with Gasteiger partial charge in [-0.2, -0.15) is 0 Å². The zero-order valence-electron chi connectivity index (χ0n) is 18.8. The number of carbonyl (C=O) groups excluding carboxylic acids is 1. The highest BCUT2D eigenvalue weighted by atomic mass is 79.9. The first-order valence-corrected chi connectivity index (χ1v) is 12.1. The van der Waals surface area contributed by atoms with Gasteiger partial charge in [0, 0.05) is 23.0 Å². The van der Waals surface area contributed by atoms with Gasteiger partial charge in [0.2, 0.25) is 0 Å². The van der Waals surface area contributed by atoms with Gasteiger partial charge in [-0.05, 0) is 66.9 Å². The number of aromatic nitrogens is 2. The first kappa shape index (κ1) is 23.1. The summed E-state index contributed by atoms with van der Waals surface area (Å²) >= 11 is 3.39. The Morgan fingerprint density at radius 2 is 1.79 bits per heavy atom. The zero-order valence-corrected chi connectivity index (χ0v) is 20.3. The van der Waals surface area contributed by atoms with Crippen molar-refractivity contribution in [3.63, 3.8) is 0 Å². The van der Waals surface area contributed by atoms with Gasteiger partial charge in [-0.1, -0.05) is 47.1 Å². The molecule has 0 aliphatic heterocycles. The molecule has 0 unspecified atom stereocenters. The van der Waals surface area contributed by atoms with E-state index in [-0.39, 0.29) is 5.91 Å². The van der Waals surface area contributed by atoms with Crippen molar-refractivity contribution >= 4 is 32.9 Å². The van der Waals surface area contributed by atoms with Gasteiger partial charge in [-0.15, -0.1) is 0 Å². The minimum absolute atomic E-state index is 0.0569. The standard InChI is InChI=1S/C27H28BrN3O2/c1-2-20-9-15-23(16-10-20)33-19-18-31-25-7-4-3-6-24(25)30-26(31)8-5-17-29-27(32)21-11-13-22(28)14-12-21/h3-4,6-7,9-16H,2,5,8,17-19H2,1H3,(H,29,32). The zero-order chi connectivity index (χ0) is 23.0. The topological polar surface area (TPSA) is 56.1 Å². The smallest absolute Gasteiger partial charge is 0.251 e. The number of aryl methyl sites for hydroxylation is 2. The molecule has 0 saturated heterocycles. The second-order valence-corrected chi connectivity index (χ2v) is 8.80. The van der Waals surface area contributed by atoms with Gasteiger partial charge >= 0.3 is 0 Å². The SMILES string of the molecule is CCc1ccc(OCCn2c(CCCNC(=O)c3ccc(Br)cc3)nc3ccccc32)cc1. The monoisotopic (exact) mass is 505 g/mol. The molecule has 4 aromatic rings. The van der Waals surface area contributed by atoms with Gasteiger partial charge < -0.3 is 14.6 Å². The highest BCUT2D eigenvalue weighted by Gasteiger charge is 2.11. The fourth-order valence-corrected chi connectivity index (χ4v) is 4.06. The third-order valence-corrected chi connectivity index (χ3v) is 6.15. The van der Waals surface area contributed by atoms with Crippen LogP contribution in [0.5, 0.6) is 5.75 Å². The maximum Gasteiger partial charge on any atom is 0.251 e. The van der Waals surface area contributed by atoms with Crippen molar-refractivity contribution in [3.05, 3.63) is 94.2 Å². The summed E-state index contributed by atoms with van der Waals surface area (Å²) in [6, 6.07) is 23.8. The maximum atomic E-state index is 12.3. The Balaban J connectivity index is 1.35. The van der Waals surface area contributed by atoms with E-state index in [9.17, 15) is 4.79 Å². The van der Waals surface area contributed by atoms with E-state index in [0.717, 1.165) is 52.9 Å². The molecule has 0 atom stereocenters. The molecule has 33 heavy (non-hydrogen) atoms. The number of amides is 1. The molecule has 5 nitrogen and oxygen atoms in total. The number of hydrogen-bond donors (Lipinski definition) is 1. The van der Waals surface area contributed by atoms with Crippen molar-refractivity contribution in [1.82, 2.24) is 14.9 Å². The van der Waals surface area contributed by atoms with E-state index < -0.39 is 0 Å². The Kier molecular flexibility index (Phi) is 7.79. The molecular weight excluding hydrogens is 478 g/mol. The average Bonchev–Trinajstić information content (AvgIpc) is 3.20. The number of imidazole rings is 1. The molecule has 170 valence electrons. The molecule has 0 aliphatic carbocycles. The van der Waals surface area contributed by atoms with E-state index in [1.165, 1.54) is 5.56 Å². The lowest BCUT2D eigenvalue weighted by Crippen LogP contribution is -2.25. The number of fused-ring (bicyclic) bond motifs is 1. The molecule has 3 aromatic carbocycles. The van der Waals surface area contributed by atoms with Gasteiger partial charge in [0.1, 0.15) is 18.2 Å².